The van der Waals surface area contributed by atoms with Crippen LogP contribution in [0.2, 0.25) is 0 Å². The molecule has 0 unspecified atom stereocenters. The fourth-order valence-electron chi connectivity index (χ4n) is 4.26. The first-order valence-electron chi connectivity index (χ1n) is 12.5. The molecule has 9 nitrogen and oxygen atoms in total. The Balaban J connectivity index is 1.37. The molecule has 2 N–H and O–H groups in total. The zero-order chi connectivity index (χ0) is 26.5. The van der Waals surface area contributed by atoms with E-state index in [1.165, 1.54) is 0 Å². The summed E-state index contributed by atoms with van der Waals surface area (Å²) in [4.78, 5) is 35.5. The van der Waals surface area contributed by atoms with Crippen molar-refractivity contribution in [1.82, 2.24) is 14.9 Å². The minimum Gasteiger partial charge on any atom is -0.462 e. The van der Waals surface area contributed by atoms with Gasteiger partial charge in [-0.15, -0.1) is 0 Å². The van der Waals surface area contributed by atoms with Gasteiger partial charge < -0.3 is 24.5 Å². The van der Waals surface area contributed by atoms with E-state index in [2.05, 4.69) is 32.0 Å². The van der Waals surface area contributed by atoms with Crippen molar-refractivity contribution >= 4 is 34.5 Å². The average molecular weight is 513 g/mol. The van der Waals surface area contributed by atoms with Gasteiger partial charge in [0.15, 0.2) is 11.3 Å². The molecule has 2 aliphatic rings. The smallest absolute Gasteiger partial charge is 0.347 e. The Morgan fingerprint density at radius 1 is 1.29 bits per heavy atom. The van der Waals surface area contributed by atoms with Crippen LogP contribution in [-0.2, 0) is 23.8 Å². The Kier molecular flexibility index (Phi) is 7.54. The molecule has 0 saturated carbocycles. The van der Waals surface area contributed by atoms with Crippen LogP contribution in [0.5, 0.6) is 0 Å². The van der Waals surface area contributed by atoms with Crippen molar-refractivity contribution in [2.45, 2.75) is 13.8 Å². The van der Waals surface area contributed by atoms with E-state index < -0.39 is 11.8 Å². The highest BCUT2D eigenvalue weighted by atomic mass is 16.5. The van der Waals surface area contributed by atoms with Gasteiger partial charge >= 0.3 is 5.97 Å². The van der Waals surface area contributed by atoms with E-state index in [9.17, 15) is 9.59 Å². The number of aromatic nitrogens is 2. The van der Waals surface area contributed by atoms with E-state index in [-0.39, 0.29) is 23.8 Å². The van der Waals surface area contributed by atoms with Crippen LogP contribution in [0.15, 0.2) is 59.9 Å². The summed E-state index contributed by atoms with van der Waals surface area (Å²) in [7, 11) is 0. The lowest BCUT2D eigenvalue weighted by Crippen LogP contribution is -2.36. The number of morpholine rings is 1. The fourth-order valence-corrected chi connectivity index (χ4v) is 4.26. The number of carbonyl (C=O) groups is 2. The number of aromatic amines is 1. The molecule has 1 saturated heterocycles. The number of allylic oxidation sites excluding steroid dienone is 1. The molecule has 0 spiro atoms. The number of benzene rings is 1. The number of anilines is 1. The molecule has 2 aliphatic heterocycles. The van der Waals surface area contributed by atoms with Crippen molar-refractivity contribution in [2.24, 2.45) is 0 Å². The lowest BCUT2D eigenvalue weighted by atomic mass is 10.1. The summed E-state index contributed by atoms with van der Waals surface area (Å²) in [6, 6.07) is 9.39. The van der Waals surface area contributed by atoms with Crippen LogP contribution in [0.25, 0.3) is 17.1 Å². The van der Waals surface area contributed by atoms with Gasteiger partial charge in [0.05, 0.1) is 26.4 Å². The Hall–Kier alpha value is -4.39. The first-order chi connectivity index (χ1) is 18.5. The SMILES string of the molecule is CCOC(=O)C1=C(Nc2ccc(C#CCN3CCOCC3)cc2C)O/C(=C\c2c[nH]c3ncccc23)C1=O. The summed E-state index contributed by atoms with van der Waals surface area (Å²) in [6.07, 6.45) is 5.01. The van der Waals surface area contributed by atoms with Gasteiger partial charge in [0.1, 0.15) is 5.65 Å². The second kappa shape index (κ2) is 11.3. The molecule has 5 rings (SSSR count). The molecule has 4 heterocycles. The van der Waals surface area contributed by atoms with Crippen molar-refractivity contribution in [3.63, 3.8) is 0 Å². The van der Waals surface area contributed by atoms with Crippen molar-refractivity contribution in [3.05, 3.63) is 76.6 Å². The predicted octanol–water partition coefficient (Wildman–Crippen LogP) is 3.38. The molecule has 0 aliphatic carbocycles. The second-order valence-electron chi connectivity index (χ2n) is 8.85. The van der Waals surface area contributed by atoms with Gasteiger partial charge in [-0.2, -0.15) is 0 Å². The third-order valence-corrected chi connectivity index (χ3v) is 6.25. The van der Waals surface area contributed by atoms with Gasteiger partial charge in [-0.25, -0.2) is 9.78 Å². The molecule has 3 aromatic rings. The average Bonchev–Trinajstić information content (AvgIpc) is 3.47. The van der Waals surface area contributed by atoms with Crippen LogP contribution < -0.4 is 5.32 Å². The molecule has 38 heavy (non-hydrogen) atoms. The van der Waals surface area contributed by atoms with Crippen LogP contribution in [0.1, 0.15) is 23.6 Å². The number of aryl methyl sites for hydroxylation is 1. The standard InChI is InChI=1S/C29H28N4O5/c1-3-37-29(35)25-26(34)24(17-21-18-31-27-22(21)7-4-10-30-27)38-28(25)32-23-9-8-20(16-19(23)2)6-5-11-33-12-14-36-15-13-33/h4,7-10,16-18,32H,3,11-15H2,1-2H3,(H,30,31)/b24-17-. The van der Waals surface area contributed by atoms with E-state index >= 15 is 0 Å². The quantitative estimate of drug-likeness (QED) is 0.224. The maximum atomic E-state index is 13.2. The Bertz CT molecular complexity index is 1500. The summed E-state index contributed by atoms with van der Waals surface area (Å²) in [5, 5.41) is 3.95. The number of H-pyrrole nitrogens is 1. The van der Waals surface area contributed by atoms with E-state index in [0.717, 1.165) is 48.4 Å². The van der Waals surface area contributed by atoms with Crippen molar-refractivity contribution < 1.29 is 23.8 Å². The van der Waals surface area contributed by atoms with E-state index in [1.54, 1.807) is 25.4 Å². The van der Waals surface area contributed by atoms with Crippen molar-refractivity contribution in [3.8, 4) is 11.8 Å². The number of ether oxygens (including phenoxy) is 3. The molecule has 0 bridgehead atoms. The van der Waals surface area contributed by atoms with Crippen LogP contribution in [0.4, 0.5) is 5.69 Å². The number of carbonyl (C=O) groups excluding carboxylic acids is 2. The normalized spacial score (nSPS) is 16.9. The molecular formula is C29H28N4O5. The van der Waals surface area contributed by atoms with E-state index in [4.69, 9.17) is 14.2 Å². The number of fused-ring (bicyclic) bond motifs is 1. The number of pyridine rings is 1. The number of nitrogens with one attached hydrogen (secondary N) is 2. The molecule has 194 valence electrons. The number of nitrogens with zero attached hydrogens (tertiary/aromatic N) is 2. The van der Waals surface area contributed by atoms with Gasteiger partial charge in [-0.1, -0.05) is 11.8 Å². The van der Waals surface area contributed by atoms with Crippen LogP contribution >= 0.6 is 0 Å². The Labute approximate surface area is 220 Å². The van der Waals surface area contributed by atoms with Gasteiger partial charge in [0.25, 0.3) is 0 Å². The van der Waals surface area contributed by atoms with Crippen molar-refractivity contribution in [2.75, 3.05) is 44.8 Å². The zero-order valence-electron chi connectivity index (χ0n) is 21.3. The minimum atomic E-state index is -0.743. The van der Waals surface area contributed by atoms with Gasteiger partial charge in [-0.3, -0.25) is 9.69 Å². The molecule has 0 radical (unpaired) electrons. The maximum Gasteiger partial charge on any atom is 0.347 e. The van der Waals surface area contributed by atoms with Crippen molar-refractivity contribution in [1.29, 1.82) is 0 Å². The molecule has 1 fully saturated rings. The fraction of sp³-hybridized carbons (Fsp3) is 0.276. The van der Waals surface area contributed by atoms with E-state index in [1.807, 2.05) is 37.3 Å². The highest BCUT2D eigenvalue weighted by molar-refractivity contribution is 6.26. The number of rotatable bonds is 6. The Morgan fingerprint density at radius 3 is 2.92 bits per heavy atom. The summed E-state index contributed by atoms with van der Waals surface area (Å²) >= 11 is 0. The molecule has 0 amide bonds. The molecule has 9 heteroatoms. The Morgan fingerprint density at radius 2 is 2.13 bits per heavy atom. The topological polar surface area (TPSA) is 106 Å². The highest BCUT2D eigenvalue weighted by Crippen LogP contribution is 2.31. The van der Waals surface area contributed by atoms with Gasteiger partial charge in [-0.05, 0) is 55.8 Å². The van der Waals surface area contributed by atoms with E-state index in [0.29, 0.717) is 17.9 Å². The summed E-state index contributed by atoms with van der Waals surface area (Å²) in [6.45, 7) is 7.69. The zero-order valence-corrected chi connectivity index (χ0v) is 21.3. The van der Waals surface area contributed by atoms with Crippen LogP contribution in [-0.4, -0.2) is 66.1 Å². The van der Waals surface area contributed by atoms with Gasteiger partial charge in [0.2, 0.25) is 11.7 Å². The number of ketones is 1. The number of Topliss-reactive ketones (excluding diaryl/α,β-unsaturated/α-hetero) is 1. The maximum absolute atomic E-state index is 13.2. The third kappa shape index (κ3) is 5.47. The lowest BCUT2D eigenvalue weighted by molar-refractivity contribution is -0.139. The molecule has 1 aromatic carbocycles. The van der Waals surface area contributed by atoms with Crippen LogP contribution in [0.3, 0.4) is 0 Å². The van der Waals surface area contributed by atoms with Gasteiger partial charge in [0, 0.05) is 47.7 Å². The molecular weight excluding hydrogens is 484 g/mol. The first kappa shape index (κ1) is 25.3. The lowest BCUT2D eigenvalue weighted by Gasteiger charge is -2.24. The van der Waals surface area contributed by atoms with Crippen LogP contribution in [0, 0.1) is 18.8 Å². The predicted molar refractivity (Wildman–Crippen MR) is 143 cm³/mol. The third-order valence-electron chi connectivity index (χ3n) is 6.25. The molecule has 0 atom stereocenters. The summed E-state index contributed by atoms with van der Waals surface area (Å²) in [5.41, 5.74) is 3.67. The minimum absolute atomic E-state index is 0.0172. The summed E-state index contributed by atoms with van der Waals surface area (Å²) < 4.78 is 16.4. The second-order valence-corrected chi connectivity index (χ2v) is 8.85. The largest absolute Gasteiger partial charge is 0.462 e. The highest BCUT2D eigenvalue weighted by Gasteiger charge is 2.37. The summed E-state index contributed by atoms with van der Waals surface area (Å²) in [5.74, 6) is 5.18. The number of esters is 1. The monoisotopic (exact) mass is 512 g/mol. The first-order valence-corrected chi connectivity index (χ1v) is 12.5. The number of hydrogen-bond acceptors (Lipinski definition) is 8. The number of hydrogen-bond donors (Lipinski definition) is 2. The molecule has 2 aromatic heterocycles.